The van der Waals surface area contributed by atoms with Crippen LogP contribution in [0.25, 0.3) is 11.3 Å². The quantitative estimate of drug-likeness (QED) is 0.385. The molecule has 3 heteroatoms. The van der Waals surface area contributed by atoms with Crippen LogP contribution in [0.3, 0.4) is 0 Å². The van der Waals surface area contributed by atoms with Crippen molar-refractivity contribution in [1.82, 2.24) is 9.97 Å². The summed E-state index contributed by atoms with van der Waals surface area (Å²) in [4.78, 5) is 8.96. The van der Waals surface area contributed by atoms with E-state index in [1.54, 1.807) is 6.20 Å². The van der Waals surface area contributed by atoms with Crippen LogP contribution in [0, 0.1) is 0 Å². The van der Waals surface area contributed by atoms with E-state index in [1.165, 1.54) is 5.56 Å². The Labute approximate surface area is 172 Å². The van der Waals surface area contributed by atoms with E-state index in [2.05, 4.69) is 42.0 Å². The van der Waals surface area contributed by atoms with Crippen molar-refractivity contribution in [1.29, 1.82) is 0 Å². The van der Waals surface area contributed by atoms with Crippen LogP contribution in [-0.4, -0.2) is 9.97 Å². The summed E-state index contributed by atoms with van der Waals surface area (Å²) in [7, 11) is 0. The van der Waals surface area contributed by atoms with E-state index in [0.29, 0.717) is 0 Å². The van der Waals surface area contributed by atoms with E-state index in [4.69, 9.17) is 4.74 Å². The number of aromatic nitrogens is 2. The average molecular weight is 380 g/mol. The maximum Gasteiger partial charge on any atom is 0.128 e. The summed E-state index contributed by atoms with van der Waals surface area (Å²) in [6.45, 7) is 4.44. The van der Waals surface area contributed by atoms with Gasteiger partial charge in [-0.1, -0.05) is 50.2 Å². The standard InChI is InChI=1S/C26H24N2O/c1-26(2,25-14-4-6-16-28-25)19-20-9-7-11-22(17-20)29-23-12-8-10-21(18-23)24-13-3-5-15-27-24/h3-18H,19H2,1-2H3. The molecule has 0 saturated carbocycles. The largest absolute Gasteiger partial charge is 0.457 e. The summed E-state index contributed by atoms with van der Waals surface area (Å²) in [6.07, 6.45) is 4.54. The van der Waals surface area contributed by atoms with Crippen molar-refractivity contribution in [2.45, 2.75) is 25.7 Å². The smallest absolute Gasteiger partial charge is 0.128 e. The second-order valence-corrected chi connectivity index (χ2v) is 7.77. The predicted octanol–water partition coefficient (Wildman–Crippen LogP) is 6.46. The van der Waals surface area contributed by atoms with Crippen LogP contribution < -0.4 is 4.74 Å². The fourth-order valence-electron chi connectivity index (χ4n) is 3.47. The Morgan fingerprint density at radius 2 is 1.45 bits per heavy atom. The molecule has 144 valence electrons. The molecule has 0 aliphatic carbocycles. The molecule has 0 amide bonds. The molecule has 0 radical (unpaired) electrons. The number of rotatable bonds is 6. The Kier molecular flexibility index (Phi) is 5.39. The predicted molar refractivity (Wildman–Crippen MR) is 117 cm³/mol. The topological polar surface area (TPSA) is 35.0 Å². The first-order valence-electron chi connectivity index (χ1n) is 9.80. The maximum atomic E-state index is 6.16. The van der Waals surface area contributed by atoms with Crippen molar-refractivity contribution in [2.75, 3.05) is 0 Å². The highest BCUT2D eigenvalue weighted by atomic mass is 16.5. The molecule has 2 aromatic heterocycles. The van der Waals surface area contributed by atoms with Gasteiger partial charge in [-0.05, 0) is 60.5 Å². The number of hydrogen-bond donors (Lipinski definition) is 0. The van der Waals surface area contributed by atoms with Crippen LogP contribution in [0.15, 0.2) is 97.3 Å². The molecule has 4 rings (SSSR count). The summed E-state index contributed by atoms with van der Waals surface area (Å²) in [6, 6.07) is 28.3. The van der Waals surface area contributed by atoms with Gasteiger partial charge in [-0.15, -0.1) is 0 Å². The van der Waals surface area contributed by atoms with Gasteiger partial charge >= 0.3 is 0 Å². The van der Waals surface area contributed by atoms with Gasteiger partial charge in [0, 0.05) is 29.1 Å². The van der Waals surface area contributed by atoms with Gasteiger partial charge in [0.25, 0.3) is 0 Å². The molecule has 0 fully saturated rings. The van der Waals surface area contributed by atoms with Gasteiger partial charge in [0.2, 0.25) is 0 Å². The second-order valence-electron chi connectivity index (χ2n) is 7.77. The number of pyridine rings is 2. The minimum absolute atomic E-state index is 0.0568. The van der Waals surface area contributed by atoms with E-state index in [9.17, 15) is 0 Å². The Morgan fingerprint density at radius 1 is 0.724 bits per heavy atom. The lowest BCUT2D eigenvalue weighted by Gasteiger charge is -2.24. The summed E-state index contributed by atoms with van der Waals surface area (Å²) in [5.74, 6) is 1.63. The van der Waals surface area contributed by atoms with E-state index in [0.717, 1.165) is 34.9 Å². The average Bonchev–Trinajstić information content (AvgIpc) is 2.75. The molecule has 3 nitrogen and oxygen atoms in total. The van der Waals surface area contributed by atoms with Crippen LogP contribution in [0.5, 0.6) is 11.5 Å². The third-order valence-corrected chi connectivity index (χ3v) is 4.93. The lowest BCUT2D eigenvalue weighted by Crippen LogP contribution is -2.21. The molecule has 29 heavy (non-hydrogen) atoms. The number of benzene rings is 2. The number of ether oxygens (including phenoxy) is 1. The molecule has 0 aliphatic heterocycles. The Balaban J connectivity index is 1.53. The molecule has 0 bridgehead atoms. The van der Waals surface area contributed by atoms with Crippen molar-refractivity contribution in [2.24, 2.45) is 0 Å². The third-order valence-electron chi connectivity index (χ3n) is 4.93. The normalized spacial score (nSPS) is 11.2. The molecule has 2 heterocycles. The SMILES string of the molecule is CC(C)(Cc1cccc(Oc2cccc(-c3ccccn3)c2)c1)c1ccccn1. The monoisotopic (exact) mass is 380 g/mol. The summed E-state index contributed by atoms with van der Waals surface area (Å²) in [5, 5.41) is 0. The Hall–Kier alpha value is -3.46. The van der Waals surface area contributed by atoms with E-state index >= 15 is 0 Å². The van der Waals surface area contributed by atoms with Crippen molar-refractivity contribution in [3.63, 3.8) is 0 Å². The molecule has 0 saturated heterocycles. The van der Waals surface area contributed by atoms with Crippen LogP contribution in [0.4, 0.5) is 0 Å². The molecule has 0 atom stereocenters. The van der Waals surface area contributed by atoms with Crippen molar-refractivity contribution in [3.8, 4) is 22.8 Å². The summed E-state index contributed by atoms with van der Waals surface area (Å²) in [5.41, 5.74) is 4.23. The highest BCUT2D eigenvalue weighted by Gasteiger charge is 2.22. The molecule has 2 aromatic carbocycles. The van der Waals surface area contributed by atoms with Crippen LogP contribution in [0.2, 0.25) is 0 Å². The lowest BCUT2D eigenvalue weighted by molar-refractivity contribution is 0.477. The summed E-state index contributed by atoms with van der Waals surface area (Å²) >= 11 is 0. The van der Waals surface area contributed by atoms with Gasteiger partial charge < -0.3 is 4.74 Å². The molecule has 4 aromatic rings. The van der Waals surface area contributed by atoms with Crippen molar-refractivity contribution < 1.29 is 4.74 Å². The zero-order chi connectivity index (χ0) is 20.1. The maximum absolute atomic E-state index is 6.16. The Morgan fingerprint density at radius 3 is 2.17 bits per heavy atom. The lowest BCUT2D eigenvalue weighted by atomic mass is 9.82. The van der Waals surface area contributed by atoms with Crippen LogP contribution in [0.1, 0.15) is 25.1 Å². The van der Waals surface area contributed by atoms with Gasteiger partial charge in [-0.3, -0.25) is 9.97 Å². The van der Waals surface area contributed by atoms with E-state index < -0.39 is 0 Å². The van der Waals surface area contributed by atoms with Crippen LogP contribution in [-0.2, 0) is 11.8 Å². The first-order chi connectivity index (χ1) is 14.1. The van der Waals surface area contributed by atoms with E-state index in [-0.39, 0.29) is 5.41 Å². The third kappa shape index (κ3) is 4.69. The zero-order valence-electron chi connectivity index (χ0n) is 16.7. The molecule has 0 spiro atoms. The van der Waals surface area contributed by atoms with Gasteiger partial charge in [0.15, 0.2) is 0 Å². The molecule has 0 aliphatic rings. The highest BCUT2D eigenvalue weighted by molar-refractivity contribution is 5.61. The van der Waals surface area contributed by atoms with Gasteiger partial charge in [0.05, 0.1) is 5.69 Å². The molecular weight excluding hydrogens is 356 g/mol. The van der Waals surface area contributed by atoms with Crippen molar-refractivity contribution in [3.05, 3.63) is 109 Å². The minimum atomic E-state index is -0.0568. The Bertz CT molecular complexity index is 1080. The van der Waals surface area contributed by atoms with Gasteiger partial charge in [0.1, 0.15) is 11.5 Å². The molecule has 0 N–H and O–H groups in total. The molecule has 0 unspecified atom stereocenters. The molecular formula is C26H24N2O. The fraction of sp³-hybridized carbons (Fsp3) is 0.154. The minimum Gasteiger partial charge on any atom is -0.457 e. The fourth-order valence-corrected chi connectivity index (χ4v) is 3.47. The van der Waals surface area contributed by atoms with Crippen molar-refractivity contribution >= 4 is 0 Å². The number of hydrogen-bond acceptors (Lipinski definition) is 3. The van der Waals surface area contributed by atoms with Gasteiger partial charge in [-0.2, -0.15) is 0 Å². The first-order valence-corrected chi connectivity index (χ1v) is 9.80. The highest BCUT2D eigenvalue weighted by Crippen LogP contribution is 2.30. The van der Waals surface area contributed by atoms with Crippen LogP contribution >= 0.6 is 0 Å². The second kappa shape index (κ2) is 8.27. The first kappa shape index (κ1) is 18.9. The zero-order valence-corrected chi connectivity index (χ0v) is 16.7. The number of nitrogens with zero attached hydrogens (tertiary/aromatic N) is 2. The van der Waals surface area contributed by atoms with Gasteiger partial charge in [-0.25, -0.2) is 0 Å². The summed E-state index contributed by atoms with van der Waals surface area (Å²) < 4.78 is 6.16. The van der Waals surface area contributed by atoms with E-state index in [1.807, 2.05) is 72.9 Å².